The average Bonchev–Trinajstić information content (AvgIpc) is 3.17. The van der Waals surface area contributed by atoms with Gasteiger partial charge >= 0.3 is 0 Å². The average molecular weight is 282 g/mol. The van der Waals surface area contributed by atoms with Gasteiger partial charge < -0.3 is 0 Å². The maximum atomic E-state index is 4.24. The first kappa shape index (κ1) is 13.5. The van der Waals surface area contributed by atoms with Crippen LogP contribution in [0.15, 0.2) is 43.1 Å². The molecule has 0 bridgehead atoms. The van der Waals surface area contributed by atoms with E-state index in [0.29, 0.717) is 0 Å². The molecule has 0 amide bonds. The predicted octanol–water partition coefficient (Wildman–Crippen LogP) is 2.03. The fraction of sp³-hybridized carbons (Fsp3) is 0.333. The molecule has 2 aromatic heterocycles. The van der Waals surface area contributed by atoms with Gasteiger partial charge in [0.2, 0.25) is 0 Å². The van der Waals surface area contributed by atoms with Crippen molar-refractivity contribution in [2.75, 3.05) is 0 Å². The Morgan fingerprint density at radius 2 is 2.00 bits per heavy atom. The second-order valence-corrected chi connectivity index (χ2v) is 5.19. The van der Waals surface area contributed by atoms with Crippen molar-refractivity contribution in [3.63, 3.8) is 0 Å². The van der Waals surface area contributed by atoms with Gasteiger partial charge in [-0.3, -0.25) is 4.68 Å². The molecule has 0 radical (unpaired) electrons. The molecule has 6 nitrogen and oxygen atoms in total. The molecule has 21 heavy (non-hydrogen) atoms. The van der Waals surface area contributed by atoms with E-state index in [1.165, 1.54) is 17.5 Å². The van der Waals surface area contributed by atoms with E-state index >= 15 is 0 Å². The highest BCUT2D eigenvalue weighted by Crippen LogP contribution is 2.17. The number of nitrogens with zero attached hydrogens (tertiary/aromatic N) is 6. The van der Waals surface area contributed by atoms with Crippen molar-refractivity contribution < 1.29 is 0 Å². The van der Waals surface area contributed by atoms with Crippen molar-refractivity contribution in [1.82, 2.24) is 29.8 Å². The summed E-state index contributed by atoms with van der Waals surface area (Å²) in [4.78, 5) is 3.93. The lowest BCUT2D eigenvalue weighted by Gasteiger charge is -2.11. The van der Waals surface area contributed by atoms with Crippen molar-refractivity contribution >= 4 is 0 Å². The number of aromatic nitrogens is 6. The largest absolute Gasteiger partial charge is 0.253 e. The number of hydrogen-bond acceptors (Lipinski definition) is 4. The molecule has 0 aliphatic heterocycles. The second kappa shape index (κ2) is 5.87. The minimum absolute atomic E-state index is 0.179. The van der Waals surface area contributed by atoms with Crippen LogP contribution in [0.4, 0.5) is 0 Å². The summed E-state index contributed by atoms with van der Waals surface area (Å²) in [6.07, 6.45) is 6.04. The molecule has 0 unspecified atom stereocenters. The van der Waals surface area contributed by atoms with Crippen molar-refractivity contribution in [1.29, 1.82) is 0 Å². The Bertz CT molecular complexity index is 683. The fourth-order valence-electron chi connectivity index (χ4n) is 2.19. The number of aryl methyl sites for hydroxylation is 3. The Morgan fingerprint density at radius 1 is 1.19 bits per heavy atom. The Kier molecular flexibility index (Phi) is 3.77. The molecule has 0 aliphatic carbocycles. The third-order valence-corrected chi connectivity index (χ3v) is 3.58. The Hall–Kier alpha value is -2.50. The molecule has 1 aromatic carbocycles. The highest BCUT2D eigenvalue weighted by molar-refractivity contribution is 5.24. The van der Waals surface area contributed by atoms with Gasteiger partial charge in [0.25, 0.3) is 0 Å². The van der Waals surface area contributed by atoms with Gasteiger partial charge in [0.15, 0.2) is 0 Å². The molecular formula is C15H18N6. The Morgan fingerprint density at radius 3 is 2.71 bits per heavy atom. The highest BCUT2D eigenvalue weighted by Gasteiger charge is 2.10. The molecule has 3 rings (SSSR count). The van der Waals surface area contributed by atoms with Gasteiger partial charge in [-0.25, -0.2) is 9.67 Å². The van der Waals surface area contributed by atoms with Crippen LogP contribution in [0.1, 0.15) is 29.8 Å². The molecule has 108 valence electrons. The molecule has 2 heterocycles. The Labute approximate surface area is 123 Å². The first-order valence-electron chi connectivity index (χ1n) is 7.02. The second-order valence-electron chi connectivity index (χ2n) is 5.19. The van der Waals surface area contributed by atoms with E-state index in [1.807, 2.05) is 10.9 Å². The third-order valence-electron chi connectivity index (χ3n) is 3.58. The third kappa shape index (κ3) is 3.16. The fourth-order valence-corrected chi connectivity index (χ4v) is 2.19. The van der Waals surface area contributed by atoms with E-state index in [2.05, 4.69) is 58.5 Å². The summed E-state index contributed by atoms with van der Waals surface area (Å²) in [5, 5.41) is 12.5. The molecule has 0 aliphatic rings. The standard InChI is InChI=1S/C15H18N6/c1-12-3-5-14(6-4-12)13(2)21-9-15(18-19-21)7-8-20-11-16-10-17-20/h3-6,9-11,13H,7-8H2,1-2H3/t13-/m0/s1. The summed E-state index contributed by atoms with van der Waals surface area (Å²) in [5.41, 5.74) is 3.45. The van der Waals surface area contributed by atoms with Gasteiger partial charge in [0.1, 0.15) is 12.7 Å². The molecule has 1 atom stereocenters. The van der Waals surface area contributed by atoms with E-state index < -0.39 is 0 Å². The molecule has 0 spiro atoms. The molecule has 0 saturated heterocycles. The summed E-state index contributed by atoms with van der Waals surface area (Å²) in [7, 11) is 0. The smallest absolute Gasteiger partial charge is 0.137 e. The summed E-state index contributed by atoms with van der Waals surface area (Å²) in [6, 6.07) is 8.69. The molecule has 3 aromatic rings. The van der Waals surface area contributed by atoms with Crippen LogP contribution < -0.4 is 0 Å². The summed E-state index contributed by atoms with van der Waals surface area (Å²) in [5.74, 6) is 0. The number of rotatable bonds is 5. The molecule has 0 fully saturated rings. The summed E-state index contributed by atoms with van der Waals surface area (Å²) >= 11 is 0. The van der Waals surface area contributed by atoms with Gasteiger partial charge in [0, 0.05) is 19.2 Å². The van der Waals surface area contributed by atoms with Gasteiger partial charge in [-0.15, -0.1) is 5.10 Å². The summed E-state index contributed by atoms with van der Waals surface area (Å²) < 4.78 is 3.70. The lowest BCUT2D eigenvalue weighted by molar-refractivity contribution is 0.543. The van der Waals surface area contributed by atoms with Crippen LogP contribution in [0, 0.1) is 6.92 Å². The zero-order valence-corrected chi connectivity index (χ0v) is 12.2. The van der Waals surface area contributed by atoms with Crippen molar-refractivity contribution in [3.05, 3.63) is 59.9 Å². The quantitative estimate of drug-likeness (QED) is 0.718. The van der Waals surface area contributed by atoms with Gasteiger partial charge in [0.05, 0.1) is 11.7 Å². The Balaban J connectivity index is 1.67. The van der Waals surface area contributed by atoms with Gasteiger partial charge in [-0.1, -0.05) is 35.0 Å². The lowest BCUT2D eigenvalue weighted by atomic mass is 10.1. The first-order valence-corrected chi connectivity index (χ1v) is 7.02. The maximum Gasteiger partial charge on any atom is 0.137 e. The van der Waals surface area contributed by atoms with Crippen molar-refractivity contribution in [2.24, 2.45) is 0 Å². The SMILES string of the molecule is Cc1ccc([C@H](C)n2cc(CCn3cncn3)nn2)cc1. The topological polar surface area (TPSA) is 61.4 Å². The van der Waals surface area contributed by atoms with Crippen LogP contribution in [0.5, 0.6) is 0 Å². The zero-order chi connectivity index (χ0) is 14.7. The number of hydrogen-bond donors (Lipinski definition) is 0. The normalized spacial score (nSPS) is 12.5. The number of benzene rings is 1. The minimum Gasteiger partial charge on any atom is -0.253 e. The van der Waals surface area contributed by atoms with Crippen LogP contribution in [0.3, 0.4) is 0 Å². The monoisotopic (exact) mass is 282 g/mol. The van der Waals surface area contributed by atoms with Gasteiger partial charge in [-0.05, 0) is 19.4 Å². The lowest BCUT2D eigenvalue weighted by Crippen LogP contribution is -2.07. The van der Waals surface area contributed by atoms with Crippen LogP contribution in [0.25, 0.3) is 0 Å². The molecule has 6 heteroatoms. The van der Waals surface area contributed by atoms with E-state index in [-0.39, 0.29) is 6.04 Å². The first-order chi connectivity index (χ1) is 10.2. The van der Waals surface area contributed by atoms with Crippen LogP contribution in [-0.4, -0.2) is 29.8 Å². The minimum atomic E-state index is 0.179. The van der Waals surface area contributed by atoms with Crippen molar-refractivity contribution in [3.8, 4) is 0 Å². The molecular weight excluding hydrogens is 264 g/mol. The predicted molar refractivity (Wildman–Crippen MR) is 78.7 cm³/mol. The van der Waals surface area contributed by atoms with Gasteiger partial charge in [-0.2, -0.15) is 5.10 Å². The van der Waals surface area contributed by atoms with Crippen molar-refractivity contribution in [2.45, 2.75) is 32.9 Å². The van der Waals surface area contributed by atoms with Crippen LogP contribution >= 0.6 is 0 Å². The van der Waals surface area contributed by atoms with Crippen LogP contribution in [0.2, 0.25) is 0 Å². The van der Waals surface area contributed by atoms with Crippen LogP contribution in [-0.2, 0) is 13.0 Å². The maximum absolute atomic E-state index is 4.24. The molecule has 0 N–H and O–H groups in total. The van der Waals surface area contributed by atoms with E-state index in [4.69, 9.17) is 0 Å². The zero-order valence-electron chi connectivity index (χ0n) is 12.2. The summed E-state index contributed by atoms with van der Waals surface area (Å²) in [6.45, 7) is 4.98. The molecule has 0 saturated carbocycles. The van der Waals surface area contributed by atoms with E-state index in [9.17, 15) is 0 Å². The van der Waals surface area contributed by atoms with E-state index in [1.54, 1.807) is 11.0 Å². The van der Waals surface area contributed by atoms with E-state index in [0.717, 1.165) is 18.7 Å². The highest BCUT2D eigenvalue weighted by atomic mass is 15.4.